The van der Waals surface area contributed by atoms with Crippen molar-refractivity contribution in [2.24, 2.45) is 18.9 Å². The van der Waals surface area contributed by atoms with Crippen molar-refractivity contribution in [3.8, 4) is 11.8 Å². The molecule has 0 unspecified atom stereocenters. The van der Waals surface area contributed by atoms with E-state index in [0.29, 0.717) is 23.8 Å². The van der Waals surface area contributed by atoms with Crippen LogP contribution in [0.2, 0.25) is 0 Å². The van der Waals surface area contributed by atoms with Gasteiger partial charge in [-0.15, -0.1) is 0 Å². The van der Waals surface area contributed by atoms with Gasteiger partial charge in [-0.1, -0.05) is 0 Å². The number of imidazole rings is 1. The first-order valence-electron chi connectivity index (χ1n) is 10.4. The van der Waals surface area contributed by atoms with Crippen LogP contribution >= 0.6 is 0 Å². The van der Waals surface area contributed by atoms with Crippen molar-refractivity contribution in [3.63, 3.8) is 0 Å². The van der Waals surface area contributed by atoms with Crippen molar-refractivity contribution in [1.82, 2.24) is 14.1 Å². The van der Waals surface area contributed by atoms with E-state index in [4.69, 9.17) is 4.74 Å². The number of hydrogen-bond acceptors (Lipinski definition) is 5. The molecule has 8 heteroatoms. The Morgan fingerprint density at radius 2 is 2.03 bits per heavy atom. The van der Waals surface area contributed by atoms with Crippen LogP contribution in [0.1, 0.15) is 31.2 Å². The maximum absolute atomic E-state index is 12.8. The lowest BCUT2D eigenvalue weighted by Crippen LogP contribution is -2.31. The molecule has 1 aromatic carbocycles. The summed E-state index contributed by atoms with van der Waals surface area (Å²) in [5, 5.41) is 12.0. The molecule has 8 nitrogen and oxygen atoms in total. The Bertz CT molecular complexity index is 1210. The predicted octanol–water partition coefficient (Wildman–Crippen LogP) is 3.06. The molecule has 1 aliphatic rings. The van der Waals surface area contributed by atoms with Gasteiger partial charge in [-0.3, -0.25) is 13.9 Å². The van der Waals surface area contributed by atoms with Crippen LogP contribution in [0.4, 0.5) is 5.82 Å². The molecule has 4 rings (SSSR count). The number of carbonyl (C=O) groups excluding carboxylic acids is 1. The molecule has 31 heavy (non-hydrogen) atoms. The molecule has 3 aromatic rings. The maximum Gasteiger partial charge on any atom is 0.328 e. The minimum absolute atomic E-state index is 0.0395. The molecule has 1 saturated carbocycles. The molecule has 0 saturated heterocycles. The molecule has 160 valence electrons. The fraction of sp³-hybridized carbons (Fsp3) is 0.391. The topological polar surface area (TPSA) is 102 Å². The Morgan fingerprint density at radius 1 is 1.26 bits per heavy atom. The van der Waals surface area contributed by atoms with Gasteiger partial charge in [0, 0.05) is 31.8 Å². The minimum atomic E-state index is -0.117. The molecular formula is C23H25N5O3. The van der Waals surface area contributed by atoms with Crippen molar-refractivity contribution < 1.29 is 9.53 Å². The van der Waals surface area contributed by atoms with Gasteiger partial charge in [0.15, 0.2) is 0 Å². The molecule has 1 fully saturated rings. The molecule has 0 radical (unpaired) electrons. The summed E-state index contributed by atoms with van der Waals surface area (Å²) < 4.78 is 8.80. The molecule has 0 atom stereocenters. The average Bonchev–Trinajstić information content (AvgIpc) is 3.04. The fourth-order valence-corrected chi connectivity index (χ4v) is 4.37. The zero-order valence-electron chi connectivity index (χ0n) is 17.7. The fourth-order valence-electron chi connectivity index (χ4n) is 4.37. The van der Waals surface area contributed by atoms with Crippen LogP contribution in [-0.4, -0.2) is 27.1 Å². The third-order valence-electron chi connectivity index (χ3n) is 6.18. The van der Waals surface area contributed by atoms with Crippen LogP contribution < -0.4 is 15.7 Å². The highest BCUT2D eigenvalue weighted by Gasteiger charge is 2.28. The van der Waals surface area contributed by atoms with Crippen molar-refractivity contribution in [2.45, 2.75) is 32.2 Å². The van der Waals surface area contributed by atoms with Crippen LogP contribution in [0.15, 0.2) is 41.3 Å². The van der Waals surface area contributed by atoms with E-state index >= 15 is 0 Å². The molecule has 0 aliphatic heterocycles. The Kier molecular flexibility index (Phi) is 5.76. The number of hydrogen-bond donors (Lipinski definition) is 1. The Hall–Kier alpha value is -3.60. The second kappa shape index (κ2) is 8.64. The van der Waals surface area contributed by atoms with Gasteiger partial charge in [-0.2, -0.15) is 5.26 Å². The van der Waals surface area contributed by atoms with E-state index in [1.165, 1.54) is 0 Å². The number of nitrogens with zero attached hydrogens (tertiary/aromatic N) is 4. The number of amides is 1. The lowest BCUT2D eigenvalue weighted by Gasteiger charge is -2.28. The molecule has 2 aromatic heterocycles. The highest BCUT2D eigenvalue weighted by atomic mass is 16.5. The number of benzene rings is 1. The zero-order chi connectivity index (χ0) is 22.0. The first kappa shape index (κ1) is 20.7. The average molecular weight is 419 g/mol. The van der Waals surface area contributed by atoms with Gasteiger partial charge in [-0.25, -0.2) is 9.78 Å². The maximum atomic E-state index is 12.8. The normalized spacial score (nSPS) is 18.5. The van der Waals surface area contributed by atoms with Gasteiger partial charge >= 0.3 is 5.69 Å². The van der Waals surface area contributed by atoms with Crippen molar-refractivity contribution in [3.05, 3.63) is 52.6 Å². The van der Waals surface area contributed by atoms with Crippen molar-refractivity contribution in [2.75, 3.05) is 12.4 Å². The number of anilines is 1. The highest BCUT2D eigenvalue weighted by Crippen LogP contribution is 2.31. The van der Waals surface area contributed by atoms with E-state index in [1.807, 2.05) is 28.8 Å². The van der Waals surface area contributed by atoms with Crippen LogP contribution in [0, 0.1) is 23.2 Å². The van der Waals surface area contributed by atoms with Crippen LogP contribution in [0.3, 0.4) is 0 Å². The summed E-state index contributed by atoms with van der Waals surface area (Å²) in [5.41, 5.74) is 2.06. The number of aryl methyl sites for hydroxylation is 1. The monoisotopic (exact) mass is 419 g/mol. The number of aromatic nitrogens is 3. The van der Waals surface area contributed by atoms with Gasteiger partial charge in [0.1, 0.15) is 17.6 Å². The van der Waals surface area contributed by atoms with Crippen LogP contribution in [0.25, 0.3) is 11.0 Å². The van der Waals surface area contributed by atoms with Crippen LogP contribution in [0.5, 0.6) is 5.75 Å². The summed E-state index contributed by atoms with van der Waals surface area (Å²) in [5.74, 6) is 1.14. The Morgan fingerprint density at radius 3 is 2.74 bits per heavy atom. The van der Waals surface area contributed by atoms with Crippen molar-refractivity contribution >= 4 is 22.8 Å². The summed E-state index contributed by atoms with van der Waals surface area (Å²) in [6.07, 6.45) is 4.77. The SMILES string of the molecule is COc1ccc2c(c1)n(CC1CCC(C(=O)Nc3ncccc3C#N)CC1)c(=O)n2C. The number of rotatable bonds is 5. The number of fused-ring (bicyclic) bond motifs is 1. The smallest absolute Gasteiger partial charge is 0.328 e. The van der Waals surface area contributed by atoms with E-state index < -0.39 is 0 Å². The quantitative estimate of drug-likeness (QED) is 0.685. The molecule has 0 bridgehead atoms. The van der Waals surface area contributed by atoms with Gasteiger partial charge in [0.05, 0.1) is 23.7 Å². The van der Waals surface area contributed by atoms with E-state index in [1.54, 1.807) is 37.1 Å². The Balaban J connectivity index is 1.43. The summed E-state index contributed by atoms with van der Waals surface area (Å²) in [6, 6.07) is 11.0. The summed E-state index contributed by atoms with van der Waals surface area (Å²) >= 11 is 0. The van der Waals surface area contributed by atoms with Gasteiger partial charge in [-0.05, 0) is 55.9 Å². The Labute approximate surface area is 180 Å². The van der Waals surface area contributed by atoms with E-state index in [-0.39, 0.29) is 17.5 Å². The molecule has 1 N–H and O–H groups in total. The van der Waals surface area contributed by atoms with Crippen LogP contribution in [-0.2, 0) is 18.4 Å². The molecule has 1 amide bonds. The standard InChI is InChI=1S/C23H25N5O3/c1-27-19-10-9-18(31-2)12-20(19)28(23(27)30)14-15-5-7-16(8-6-15)22(29)26-21-17(13-24)4-3-11-25-21/h3-4,9-12,15-16H,5-8,14H2,1-2H3,(H,25,26,29). The molecular weight excluding hydrogens is 394 g/mol. The summed E-state index contributed by atoms with van der Waals surface area (Å²) in [4.78, 5) is 29.6. The van der Waals surface area contributed by atoms with E-state index in [9.17, 15) is 14.9 Å². The second-order valence-corrected chi connectivity index (χ2v) is 8.03. The van der Waals surface area contributed by atoms with E-state index in [0.717, 1.165) is 42.5 Å². The zero-order valence-corrected chi connectivity index (χ0v) is 17.7. The number of nitriles is 1. The van der Waals surface area contributed by atoms with Gasteiger partial charge < -0.3 is 10.1 Å². The first-order chi connectivity index (χ1) is 15.0. The first-order valence-corrected chi connectivity index (χ1v) is 10.4. The highest BCUT2D eigenvalue weighted by molar-refractivity contribution is 5.92. The molecule has 1 aliphatic carbocycles. The number of carbonyl (C=O) groups is 1. The third kappa shape index (κ3) is 4.04. The number of nitrogens with one attached hydrogen (secondary N) is 1. The van der Waals surface area contributed by atoms with E-state index in [2.05, 4.69) is 10.3 Å². The second-order valence-electron chi connectivity index (χ2n) is 8.03. The number of ether oxygens (including phenoxy) is 1. The summed E-state index contributed by atoms with van der Waals surface area (Å²) in [7, 11) is 3.39. The number of pyridine rings is 1. The lowest BCUT2D eigenvalue weighted by molar-refractivity contribution is -0.121. The minimum Gasteiger partial charge on any atom is -0.497 e. The third-order valence-corrected chi connectivity index (χ3v) is 6.18. The molecule has 2 heterocycles. The number of methoxy groups -OCH3 is 1. The van der Waals surface area contributed by atoms with Gasteiger partial charge in [0.25, 0.3) is 0 Å². The van der Waals surface area contributed by atoms with Crippen molar-refractivity contribution in [1.29, 1.82) is 5.26 Å². The van der Waals surface area contributed by atoms with Gasteiger partial charge in [0.2, 0.25) is 5.91 Å². The summed E-state index contributed by atoms with van der Waals surface area (Å²) in [6.45, 7) is 0.622. The predicted molar refractivity (Wildman–Crippen MR) is 117 cm³/mol. The largest absolute Gasteiger partial charge is 0.497 e. The lowest BCUT2D eigenvalue weighted by atomic mass is 9.81. The molecule has 0 spiro atoms.